The summed E-state index contributed by atoms with van der Waals surface area (Å²) in [5.41, 5.74) is 0.454. The van der Waals surface area contributed by atoms with Crippen LogP contribution in [0.5, 0.6) is 0 Å². The lowest BCUT2D eigenvalue weighted by atomic mass is 9.76. The number of ether oxygens (including phenoxy) is 4. The first-order chi connectivity index (χ1) is 12.4. The van der Waals surface area contributed by atoms with Gasteiger partial charge >= 0.3 is 17.9 Å². The molecule has 4 unspecified atom stereocenters. The zero-order valence-corrected chi connectivity index (χ0v) is 15.2. The van der Waals surface area contributed by atoms with E-state index >= 15 is 0 Å². The van der Waals surface area contributed by atoms with Crippen LogP contribution in [0.15, 0.2) is 30.3 Å². The molecule has 0 bridgehead atoms. The minimum Gasteiger partial charge on any atom is -0.458 e. The van der Waals surface area contributed by atoms with Crippen LogP contribution in [0.2, 0.25) is 0 Å². The fourth-order valence-corrected chi connectivity index (χ4v) is 3.00. The van der Waals surface area contributed by atoms with Crippen LogP contribution >= 0.6 is 0 Å². The second kappa shape index (κ2) is 9.33. The zero-order chi connectivity index (χ0) is 19.1. The monoisotopic (exact) mass is 364 g/mol. The Bertz CT molecular complexity index is 628. The van der Waals surface area contributed by atoms with Crippen LogP contribution in [0.1, 0.15) is 37.0 Å². The van der Waals surface area contributed by atoms with Crippen LogP contribution in [0.25, 0.3) is 0 Å². The van der Waals surface area contributed by atoms with Crippen molar-refractivity contribution >= 4 is 17.9 Å². The predicted octanol–water partition coefficient (Wildman–Crippen LogP) is 2.13. The van der Waals surface area contributed by atoms with E-state index in [4.69, 9.17) is 18.9 Å². The molecule has 0 N–H and O–H groups in total. The van der Waals surface area contributed by atoms with Gasteiger partial charge in [-0.15, -0.1) is 0 Å². The third-order valence-electron chi connectivity index (χ3n) is 4.27. The molecular formula is C19H24O7. The van der Waals surface area contributed by atoms with Gasteiger partial charge in [0.05, 0.1) is 12.2 Å². The average molecular weight is 364 g/mol. The molecule has 142 valence electrons. The van der Waals surface area contributed by atoms with Crippen molar-refractivity contribution in [3.05, 3.63) is 35.9 Å². The van der Waals surface area contributed by atoms with Gasteiger partial charge in [0.2, 0.25) is 0 Å². The van der Waals surface area contributed by atoms with Gasteiger partial charge < -0.3 is 18.9 Å². The molecule has 0 saturated heterocycles. The van der Waals surface area contributed by atoms with Crippen LogP contribution in [-0.4, -0.2) is 49.9 Å². The number of carbonyl (C=O) groups excluding carboxylic acids is 3. The van der Waals surface area contributed by atoms with Gasteiger partial charge in [0.15, 0.2) is 6.10 Å². The molecule has 2 rings (SSSR count). The number of hydrogen-bond donors (Lipinski definition) is 0. The molecule has 0 heterocycles. The van der Waals surface area contributed by atoms with Crippen molar-refractivity contribution in [3.8, 4) is 0 Å². The summed E-state index contributed by atoms with van der Waals surface area (Å²) in [6.07, 6.45) is -0.572. The van der Waals surface area contributed by atoms with Crippen molar-refractivity contribution in [2.24, 2.45) is 5.92 Å². The number of benzene rings is 1. The standard InChI is InChI=1S/C19H24O7/c1-12(20)24-17(11-23-3)18(25-13(2)21)15-9-10-16(15)26-19(22)14-7-5-4-6-8-14/h4-8,15-18H,9-11H2,1-3H3. The second-order valence-corrected chi connectivity index (χ2v) is 6.23. The molecule has 1 aliphatic carbocycles. The molecule has 1 fully saturated rings. The molecule has 0 amide bonds. The summed E-state index contributed by atoms with van der Waals surface area (Å²) in [6.45, 7) is 2.64. The summed E-state index contributed by atoms with van der Waals surface area (Å²) in [5.74, 6) is -1.69. The summed E-state index contributed by atoms with van der Waals surface area (Å²) < 4.78 is 21.3. The largest absolute Gasteiger partial charge is 0.458 e. The Morgan fingerprint density at radius 2 is 1.69 bits per heavy atom. The molecule has 0 aromatic heterocycles. The normalized spacial score (nSPS) is 21.0. The van der Waals surface area contributed by atoms with E-state index in [1.165, 1.54) is 21.0 Å². The van der Waals surface area contributed by atoms with Crippen molar-refractivity contribution in [2.45, 2.75) is 45.0 Å². The molecule has 7 heteroatoms. The number of esters is 3. The van der Waals surface area contributed by atoms with E-state index in [9.17, 15) is 14.4 Å². The smallest absolute Gasteiger partial charge is 0.338 e. The lowest BCUT2D eigenvalue weighted by Crippen LogP contribution is -2.52. The summed E-state index contributed by atoms with van der Waals surface area (Å²) in [7, 11) is 1.47. The third-order valence-corrected chi connectivity index (χ3v) is 4.27. The summed E-state index contributed by atoms with van der Waals surface area (Å²) >= 11 is 0. The van der Waals surface area contributed by atoms with Crippen LogP contribution in [0.4, 0.5) is 0 Å². The van der Waals surface area contributed by atoms with E-state index < -0.39 is 36.2 Å². The summed E-state index contributed by atoms with van der Waals surface area (Å²) in [4.78, 5) is 35.2. The first-order valence-corrected chi connectivity index (χ1v) is 8.51. The highest BCUT2D eigenvalue weighted by molar-refractivity contribution is 5.89. The minimum absolute atomic E-state index is 0.0768. The fourth-order valence-electron chi connectivity index (χ4n) is 3.00. The maximum Gasteiger partial charge on any atom is 0.338 e. The van der Waals surface area contributed by atoms with Crippen molar-refractivity contribution in [1.82, 2.24) is 0 Å². The van der Waals surface area contributed by atoms with E-state index in [0.717, 1.165) is 0 Å². The van der Waals surface area contributed by atoms with E-state index in [1.54, 1.807) is 24.3 Å². The van der Waals surface area contributed by atoms with Crippen LogP contribution in [-0.2, 0) is 28.5 Å². The number of hydrogen-bond acceptors (Lipinski definition) is 7. The van der Waals surface area contributed by atoms with Crippen molar-refractivity contribution in [3.63, 3.8) is 0 Å². The second-order valence-electron chi connectivity index (χ2n) is 6.23. The lowest BCUT2D eigenvalue weighted by Gasteiger charge is -2.42. The van der Waals surface area contributed by atoms with Gasteiger partial charge in [-0.05, 0) is 25.0 Å². The molecule has 0 radical (unpaired) electrons. The number of rotatable bonds is 8. The van der Waals surface area contributed by atoms with Crippen LogP contribution < -0.4 is 0 Å². The van der Waals surface area contributed by atoms with Crippen molar-refractivity contribution in [2.75, 3.05) is 13.7 Å². The maximum atomic E-state index is 12.3. The predicted molar refractivity (Wildman–Crippen MR) is 91.4 cm³/mol. The van der Waals surface area contributed by atoms with Gasteiger partial charge in [0.1, 0.15) is 12.2 Å². The minimum atomic E-state index is -0.760. The molecule has 1 aliphatic rings. The van der Waals surface area contributed by atoms with E-state index in [0.29, 0.717) is 18.4 Å². The van der Waals surface area contributed by atoms with Crippen molar-refractivity contribution < 1.29 is 33.3 Å². The molecule has 0 spiro atoms. The molecule has 7 nitrogen and oxygen atoms in total. The first-order valence-electron chi connectivity index (χ1n) is 8.51. The quantitative estimate of drug-likeness (QED) is 0.516. The van der Waals surface area contributed by atoms with Gasteiger partial charge in [-0.3, -0.25) is 9.59 Å². The molecule has 26 heavy (non-hydrogen) atoms. The molecular weight excluding hydrogens is 340 g/mol. The van der Waals surface area contributed by atoms with Crippen molar-refractivity contribution in [1.29, 1.82) is 0 Å². The highest BCUT2D eigenvalue weighted by atomic mass is 16.6. The average Bonchev–Trinajstić information content (AvgIpc) is 2.57. The SMILES string of the molecule is COCC(OC(C)=O)C(OC(C)=O)C1CCC1OC(=O)c1ccccc1. The Morgan fingerprint density at radius 3 is 2.19 bits per heavy atom. The third kappa shape index (κ3) is 5.29. The maximum absolute atomic E-state index is 12.3. The van der Waals surface area contributed by atoms with Gasteiger partial charge in [0, 0.05) is 26.9 Å². The zero-order valence-electron chi connectivity index (χ0n) is 15.2. The van der Waals surface area contributed by atoms with E-state index in [1.807, 2.05) is 6.07 Å². The number of carbonyl (C=O) groups is 3. The molecule has 1 saturated carbocycles. The Balaban J connectivity index is 2.10. The Hall–Kier alpha value is -2.41. The van der Waals surface area contributed by atoms with Gasteiger partial charge in [-0.1, -0.05) is 18.2 Å². The van der Waals surface area contributed by atoms with Crippen LogP contribution in [0.3, 0.4) is 0 Å². The topological polar surface area (TPSA) is 88.1 Å². The highest BCUT2D eigenvalue weighted by Gasteiger charge is 2.46. The van der Waals surface area contributed by atoms with Gasteiger partial charge in [-0.2, -0.15) is 0 Å². The highest BCUT2D eigenvalue weighted by Crippen LogP contribution is 2.37. The number of methoxy groups -OCH3 is 1. The van der Waals surface area contributed by atoms with E-state index in [2.05, 4.69) is 0 Å². The Morgan fingerprint density at radius 1 is 1.04 bits per heavy atom. The van der Waals surface area contributed by atoms with Gasteiger partial charge in [0.25, 0.3) is 0 Å². The molecule has 1 aromatic carbocycles. The Kier molecular flexibility index (Phi) is 7.15. The fraction of sp³-hybridized carbons (Fsp3) is 0.526. The first kappa shape index (κ1) is 19.9. The van der Waals surface area contributed by atoms with Crippen LogP contribution in [0, 0.1) is 5.92 Å². The molecule has 0 aliphatic heterocycles. The molecule has 4 atom stereocenters. The van der Waals surface area contributed by atoms with Gasteiger partial charge in [-0.25, -0.2) is 4.79 Å². The summed E-state index contributed by atoms with van der Waals surface area (Å²) in [5, 5.41) is 0. The Labute approximate surface area is 152 Å². The summed E-state index contributed by atoms with van der Waals surface area (Å²) in [6, 6.07) is 8.67. The van der Waals surface area contributed by atoms with E-state index in [-0.39, 0.29) is 12.5 Å². The lowest BCUT2D eigenvalue weighted by molar-refractivity contribution is -0.185. The molecule has 1 aromatic rings.